The van der Waals surface area contributed by atoms with Crippen LogP contribution in [0.25, 0.3) is 0 Å². The predicted octanol–water partition coefficient (Wildman–Crippen LogP) is 3.06. The molecule has 0 saturated carbocycles. The summed E-state index contributed by atoms with van der Waals surface area (Å²) in [5.74, 6) is -0.0923. The van der Waals surface area contributed by atoms with Crippen LogP contribution in [0.4, 0.5) is 13.2 Å². The number of nitrogens with zero attached hydrogens (tertiary/aromatic N) is 2. The molecular weight excluding hydrogens is 359 g/mol. The van der Waals surface area contributed by atoms with Crippen LogP contribution >= 0.6 is 0 Å². The van der Waals surface area contributed by atoms with E-state index >= 15 is 0 Å². The summed E-state index contributed by atoms with van der Waals surface area (Å²) in [4.78, 5) is 22.6. The summed E-state index contributed by atoms with van der Waals surface area (Å²) < 4.78 is 43.7. The molecule has 1 fully saturated rings. The largest absolute Gasteiger partial charge is 0.416 e. The monoisotopic (exact) mass is 379 g/mol. The van der Waals surface area contributed by atoms with Crippen molar-refractivity contribution in [2.24, 2.45) is 0 Å². The molecule has 2 aromatic rings. The summed E-state index contributed by atoms with van der Waals surface area (Å²) in [6.07, 6.45) is -0.617. The molecule has 5 nitrogen and oxygen atoms in total. The fraction of sp³-hybridized carbons (Fsp3) is 0.474. The Labute approximate surface area is 154 Å². The predicted molar refractivity (Wildman–Crippen MR) is 90.9 cm³/mol. The third-order valence-electron chi connectivity index (χ3n) is 5.52. The van der Waals surface area contributed by atoms with E-state index in [0.29, 0.717) is 44.6 Å². The molecule has 0 radical (unpaired) electrons. The lowest BCUT2D eigenvalue weighted by Crippen LogP contribution is -2.56. The molecule has 4 rings (SSSR count). The van der Waals surface area contributed by atoms with E-state index in [1.165, 1.54) is 12.1 Å². The van der Waals surface area contributed by atoms with E-state index in [0.717, 1.165) is 23.5 Å². The summed E-state index contributed by atoms with van der Waals surface area (Å²) in [6, 6.07) is 4.80. The van der Waals surface area contributed by atoms with Crippen molar-refractivity contribution < 1.29 is 22.7 Å². The van der Waals surface area contributed by atoms with E-state index < -0.39 is 17.3 Å². The molecule has 0 bridgehead atoms. The summed E-state index contributed by atoms with van der Waals surface area (Å²) >= 11 is 0. The average molecular weight is 379 g/mol. The van der Waals surface area contributed by atoms with Gasteiger partial charge in [-0.3, -0.25) is 4.79 Å². The number of nitrogens with one attached hydrogen (secondary N) is 1. The van der Waals surface area contributed by atoms with Crippen LogP contribution in [0.15, 0.2) is 30.6 Å². The maximum absolute atomic E-state index is 13.1. The van der Waals surface area contributed by atoms with Crippen molar-refractivity contribution in [3.05, 3.63) is 53.1 Å². The van der Waals surface area contributed by atoms with Crippen LogP contribution in [0.2, 0.25) is 0 Å². The summed E-state index contributed by atoms with van der Waals surface area (Å²) in [5.41, 5.74) is 1.32. The second kappa shape index (κ2) is 6.67. The van der Waals surface area contributed by atoms with Gasteiger partial charge in [0.25, 0.3) is 0 Å². The first-order valence-corrected chi connectivity index (χ1v) is 8.97. The molecule has 0 unspecified atom stereocenters. The maximum atomic E-state index is 13.1. The third kappa shape index (κ3) is 3.22. The Kier molecular flexibility index (Phi) is 4.46. The Morgan fingerprint density at radius 1 is 1.22 bits per heavy atom. The van der Waals surface area contributed by atoms with Gasteiger partial charge in [0.05, 0.1) is 29.5 Å². The lowest BCUT2D eigenvalue weighted by molar-refractivity contribution is -0.143. The van der Waals surface area contributed by atoms with E-state index in [1.54, 1.807) is 6.33 Å². The van der Waals surface area contributed by atoms with Gasteiger partial charge in [-0.1, -0.05) is 12.1 Å². The summed E-state index contributed by atoms with van der Waals surface area (Å²) in [5, 5.41) is 0. The van der Waals surface area contributed by atoms with Crippen molar-refractivity contribution in [3.8, 4) is 0 Å². The Hall–Kier alpha value is -2.35. The number of hydrogen-bond donors (Lipinski definition) is 1. The zero-order valence-corrected chi connectivity index (χ0v) is 14.7. The van der Waals surface area contributed by atoms with Crippen molar-refractivity contribution in [1.82, 2.24) is 14.9 Å². The molecule has 1 aromatic heterocycles. The molecule has 1 N–H and O–H groups in total. The molecule has 3 heterocycles. The van der Waals surface area contributed by atoms with Gasteiger partial charge in [0.1, 0.15) is 0 Å². The highest BCUT2D eigenvalue weighted by atomic mass is 19.4. The standard InChI is InChI=1S/C19H20F3N3O2/c20-19(21,22)14-3-1-13(2-4-14)11-16(26)25-8-5-15-17(24-12-23-15)18(25)6-9-27-10-7-18/h1-4,12H,5-11H2,(H,23,24). The highest BCUT2D eigenvalue weighted by Crippen LogP contribution is 2.42. The minimum Gasteiger partial charge on any atom is -0.381 e. The number of ether oxygens (including phenoxy) is 1. The van der Waals surface area contributed by atoms with Crippen LogP contribution in [0, 0.1) is 0 Å². The van der Waals surface area contributed by atoms with Crippen molar-refractivity contribution >= 4 is 5.91 Å². The number of rotatable bonds is 2. The zero-order chi connectivity index (χ0) is 19.1. The number of fused-ring (bicyclic) bond motifs is 2. The second-order valence-corrected chi connectivity index (χ2v) is 7.04. The molecule has 2 aliphatic heterocycles. The van der Waals surface area contributed by atoms with Gasteiger partial charge >= 0.3 is 6.18 Å². The maximum Gasteiger partial charge on any atom is 0.416 e. The molecule has 1 saturated heterocycles. The van der Waals surface area contributed by atoms with Crippen LogP contribution in [0.1, 0.15) is 35.4 Å². The van der Waals surface area contributed by atoms with Crippen LogP contribution < -0.4 is 0 Å². The fourth-order valence-corrected chi connectivity index (χ4v) is 4.14. The van der Waals surface area contributed by atoms with Gasteiger partial charge in [-0.2, -0.15) is 13.2 Å². The number of aromatic nitrogens is 2. The lowest BCUT2D eigenvalue weighted by atomic mass is 9.80. The van der Waals surface area contributed by atoms with Gasteiger partial charge in [-0.05, 0) is 30.5 Å². The van der Waals surface area contributed by atoms with E-state index in [2.05, 4.69) is 9.97 Å². The number of carbonyl (C=O) groups is 1. The third-order valence-corrected chi connectivity index (χ3v) is 5.52. The Bertz CT molecular complexity index is 823. The van der Waals surface area contributed by atoms with Crippen molar-refractivity contribution in [2.45, 2.75) is 37.4 Å². The number of alkyl halides is 3. The van der Waals surface area contributed by atoms with Gasteiger partial charge < -0.3 is 14.6 Å². The number of amides is 1. The Morgan fingerprint density at radius 3 is 2.59 bits per heavy atom. The Morgan fingerprint density at radius 2 is 1.93 bits per heavy atom. The van der Waals surface area contributed by atoms with Crippen LogP contribution in [-0.4, -0.2) is 40.5 Å². The van der Waals surface area contributed by atoms with Gasteiger partial charge in [-0.25, -0.2) is 4.98 Å². The topological polar surface area (TPSA) is 58.2 Å². The van der Waals surface area contributed by atoms with Gasteiger partial charge in [0.2, 0.25) is 5.91 Å². The molecule has 1 aromatic carbocycles. The smallest absolute Gasteiger partial charge is 0.381 e. The number of halogens is 3. The molecule has 0 atom stereocenters. The van der Waals surface area contributed by atoms with Crippen LogP contribution in [0.3, 0.4) is 0 Å². The first-order valence-electron chi connectivity index (χ1n) is 8.97. The van der Waals surface area contributed by atoms with Crippen molar-refractivity contribution in [3.63, 3.8) is 0 Å². The van der Waals surface area contributed by atoms with Crippen molar-refractivity contribution in [2.75, 3.05) is 19.8 Å². The number of imidazole rings is 1. The number of aromatic amines is 1. The molecule has 144 valence electrons. The lowest BCUT2D eigenvalue weighted by Gasteiger charge is -2.48. The molecule has 27 heavy (non-hydrogen) atoms. The molecule has 8 heteroatoms. The number of H-pyrrole nitrogens is 1. The molecule has 2 aliphatic rings. The van der Waals surface area contributed by atoms with Crippen LogP contribution in [-0.2, 0) is 34.1 Å². The van der Waals surface area contributed by atoms with E-state index in [1.807, 2.05) is 4.90 Å². The van der Waals surface area contributed by atoms with E-state index in [9.17, 15) is 18.0 Å². The molecule has 0 aliphatic carbocycles. The summed E-state index contributed by atoms with van der Waals surface area (Å²) in [6.45, 7) is 1.67. The SMILES string of the molecule is O=C(Cc1ccc(C(F)(F)F)cc1)N1CCc2[nH]cnc2C12CCOCC2. The molecule has 1 spiro atoms. The first kappa shape index (κ1) is 18.0. The number of carbonyl (C=O) groups excluding carboxylic acids is 1. The minimum atomic E-state index is -4.38. The molecule has 1 amide bonds. The zero-order valence-electron chi connectivity index (χ0n) is 14.7. The minimum absolute atomic E-state index is 0.0699. The van der Waals surface area contributed by atoms with E-state index in [4.69, 9.17) is 4.74 Å². The quantitative estimate of drug-likeness (QED) is 0.873. The van der Waals surface area contributed by atoms with Gasteiger partial charge in [0, 0.05) is 31.9 Å². The average Bonchev–Trinajstić information content (AvgIpc) is 3.12. The highest BCUT2D eigenvalue weighted by Gasteiger charge is 2.47. The first-order chi connectivity index (χ1) is 12.9. The number of hydrogen-bond acceptors (Lipinski definition) is 3. The van der Waals surface area contributed by atoms with Gasteiger partial charge in [-0.15, -0.1) is 0 Å². The van der Waals surface area contributed by atoms with Crippen LogP contribution in [0.5, 0.6) is 0 Å². The highest BCUT2D eigenvalue weighted by molar-refractivity contribution is 5.80. The second-order valence-electron chi connectivity index (χ2n) is 7.04. The summed E-state index contributed by atoms with van der Waals surface area (Å²) in [7, 11) is 0. The molecular formula is C19H20F3N3O2. The van der Waals surface area contributed by atoms with E-state index in [-0.39, 0.29) is 12.3 Å². The fourth-order valence-electron chi connectivity index (χ4n) is 4.14. The van der Waals surface area contributed by atoms with Crippen molar-refractivity contribution in [1.29, 1.82) is 0 Å². The van der Waals surface area contributed by atoms with Gasteiger partial charge in [0.15, 0.2) is 0 Å². The normalized spacial score (nSPS) is 19.1. The number of benzene rings is 1. The Balaban J connectivity index is 1.57.